The van der Waals surface area contributed by atoms with E-state index in [2.05, 4.69) is 20.1 Å². The van der Waals surface area contributed by atoms with Gasteiger partial charge >= 0.3 is 12.1 Å². The van der Waals surface area contributed by atoms with Gasteiger partial charge in [-0.05, 0) is 24.6 Å². The fourth-order valence-electron chi connectivity index (χ4n) is 3.07. The number of halogens is 3. The average molecular weight is 432 g/mol. The van der Waals surface area contributed by atoms with E-state index in [-0.39, 0.29) is 23.3 Å². The number of benzene rings is 1. The molecule has 0 unspecified atom stereocenters. The number of hydrogen-bond acceptors (Lipinski definition) is 6. The first-order chi connectivity index (χ1) is 14.7. The number of esters is 1. The van der Waals surface area contributed by atoms with Gasteiger partial charge in [0.05, 0.1) is 12.7 Å². The van der Waals surface area contributed by atoms with Gasteiger partial charge in [-0.1, -0.05) is 12.1 Å². The van der Waals surface area contributed by atoms with Crippen molar-refractivity contribution in [2.75, 3.05) is 6.61 Å². The molecule has 0 aliphatic carbocycles. The molecule has 8 nitrogen and oxygen atoms in total. The number of aryl methyl sites for hydroxylation is 1. The predicted molar refractivity (Wildman–Crippen MR) is 101 cm³/mol. The molecule has 31 heavy (non-hydrogen) atoms. The summed E-state index contributed by atoms with van der Waals surface area (Å²) in [5, 5.41) is 7.21. The fourth-order valence-corrected chi connectivity index (χ4v) is 3.07. The van der Waals surface area contributed by atoms with Gasteiger partial charge in [-0.3, -0.25) is 4.79 Å². The van der Waals surface area contributed by atoms with Gasteiger partial charge in [0.1, 0.15) is 22.5 Å². The molecule has 3 heterocycles. The monoisotopic (exact) mass is 432 g/mol. The molecule has 0 bridgehead atoms. The van der Waals surface area contributed by atoms with Gasteiger partial charge in [0.2, 0.25) is 0 Å². The minimum absolute atomic E-state index is 0.0201. The topological polar surface area (TPSA) is 98.7 Å². The molecular formula is C20H15F3N4O4. The summed E-state index contributed by atoms with van der Waals surface area (Å²) in [4.78, 5) is 28.8. The van der Waals surface area contributed by atoms with Crippen LogP contribution in [0.2, 0.25) is 0 Å². The first kappa shape index (κ1) is 20.4. The Labute approximate surface area is 172 Å². The number of nitrogens with zero attached hydrogens (tertiary/aromatic N) is 3. The van der Waals surface area contributed by atoms with Crippen molar-refractivity contribution in [3.8, 4) is 0 Å². The molecule has 160 valence electrons. The number of fused-ring (bicyclic) bond motifs is 2. The third-order valence-corrected chi connectivity index (χ3v) is 4.46. The summed E-state index contributed by atoms with van der Waals surface area (Å²) in [6.45, 7) is -0.154. The number of ether oxygens (including phenoxy) is 1. The smallest absolute Gasteiger partial charge is 0.422 e. The molecule has 3 aromatic heterocycles. The summed E-state index contributed by atoms with van der Waals surface area (Å²) >= 11 is 0. The third kappa shape index (κ3) is 4.20. The van der Waals surface area contributed by atoms with Crippen molar-refractivity contribution in [2.45, 2.75) is 19.6 Å². The lowest BCUT2D eigenvalue weighted by Gasteiger charge is -2.09. The molecule has 1 N–H and O–H groups in total. The highest BCUT2D eigenvalue weighted by Crippen LogP contribution is 2.27. The number of hydrogen-bond donors (Lipinski definition) is 1. The Morgan fingerprint density at radius 2 is 2.10 bits per heavy atom. The standard InChI is InChI=1S/C20H15F3N4O4/c1-11-3-4-12-7-13(31-16(12)15(11)19(29)30-10-20(21,22)23)8-25-18(28)14-9-26-27-6-2-5-24-17(14)27/h2-7,9H,8,10H2,1H3,(H,25,28). The molecule has 11 heteroatoms. The van der Waals surface area contributed by atoms with Gasteiger partial charge < -0.3 is 14.5 Å². The summed E-state index contributed by atoms with van der Waals surface area (Å²) in [6.07, 6.45) is -0.0632. The number of nitrogens with one attached hydrogen (secondary N) is 1. The van der Waals surface area contributed by atoms with Gasteiger partial charge in [-0.2, -0.15) is 18.3 Å². The van der Waals surface area contributed by atoms with Crippen molar-refractivity contribution in [3.63, 3.8) is 0 Å². The molecular weight excluding hydrogens is 417 g/mol. The van der Waals surface area contributed by atoms with Crippen LogP contribution in [0.4, 0.5) is 13.2 Å². The Morgan fingerprint density at radius 1 is 1.29 bits per heavy atom. The van der Waals surface area contributed by atoms with Crippen LogP contribution in [0.1, 0.15) is 32.0 Å². The zero-order valence-corrected chi connectivity index (χ0v) is 16.1. The lowest BCUT2D eigenvalue weighted by molar-refractivity contribution is -0.161. The summed E-state index contributed by atoms with van der Waals surface area (Å²) in [7, 11) is 0. The molecule has 0 saturated heterocycles. The second-order valence-corrected chi connectivity index (χ2v) is 6.71. The van der Waals surface area contributed by atoms with E-state index in [1.165, 1.54) is 16.9 Å². The number of aromatic nitrogens is 3. The largest absolute Gasteiger partial charge is 0.458 e. The summed E-state index contributed by atoms with van der Waals surface area (Å²) in [6, 6.07) is 6.50. The van der Waals surface area contributed by atoms with Crippen molar-refractivity contribution in [2.24, 2.45) is 0 Å². The molecule has 1 amide bonds. The van der Waals surface area contributed by atoms with Crippen molar-refractivity contribution in [3.05, 3.63) is 65.3 Å². The zero-order chi connectivity index (χ0) is 22.2. The van der Waals surface area contributed by atoms with Gasteiger partial charge in [-0.15, -0.1) is 0 Å². The van der Waals surface area contributed by atoms with E-state index in [4.69, 9.17) is 4.42 Å². The molecule has 4 aromatic rings. The Balaban J connectivity index is 1.54. The van der Waals surface area contributed by atoms with E-state index in [1.807, 2.05) is 0 Å². The van der Waals surface area contributed by atoms with Gasteiger partial charge in [0.25, 0.3) is 5.91 Å². The van der Waals surface area contributed by atoms with Gasteiger partial charge in [-0.25, -0.2) is 14.3 Å². The maximum Gasteiger partial charge on any atom is 0.422 e. The Kier molecular flexibility index (Phi) is 5.09. The average Bonchev–Trinajstić information content (AvgIpc) is 3.33. The van der Waals surface area contributed by atoms with Crippen LogP contribution < -0.4 is 5.32 Å². The first-order valence-corrected chi connectivity index (χ1v) is 9.05. The SMILES string of the molecule is Cc1ccc2cc(CNC(=O)c3cnn4cccnc34)oc2c1C(=O)OCC(F)(F)F. The quantitative estimate of drug-likeness (QED) is 0.485. The maximum absolute atomic E-state index is 12.5. The highest BCUT2D eigenvalue weighted by atomic mass is 19.4. The lowest BCUT2D eigenvalue weighted by atomic mass is 10.1. The number of carbonyl (C=O) groups is 2. The predicted octanol–water partition coefficient (Wildman–Crippen LogP) is 3.43. The number of furan rings is 1. The number of amides is 1. The summed E-state index contributed by atoms with van der Waals surface area (Å²) < 4.78 is 48.6. The van der Waals surface area contributed by atoms with Crippen molar-refractivity contribution in [1.29, 1.82) is 0 Å². The zero-order valence-electron chi connectivity index (χ0n) is 16.1. The molecule has 0 aliphatic rings. The van der Waals surface area contributed by atoms with Crippen LogP contribution in [0.15, 0.2) is 47.3 Å². The van der Waals surface area contributed by atoms with E-state index in [0.717, 1.165) is 0 Å². The Bertz CT molecular complexity index is 1290. The van der Waals surface area contributed by atoms with Crippen LogP contribution >= 0.6 is 0 Å². The maximum atomic E-state index is 12.5. The van der Waals surface area contributed by atoms with Crippen molar-refractivity contribution < 1.29 is 31.9 Å². The fraction of sp³-hybridized carbons (Fsp3) is 0.200. The van der Waals surface area contributed by atoms with Crippen LogP contribution in [0.5, 0.6) is 0 Å². The Morgan fingerprint density at radius 3 is 2.87 bits per heavy atom. The van der Waals surface area contributed by atoms with Crippen LogP contribution in [-0.2, 0) is 11.3 Å². The second-order valence-electron chi connectivity index (χ2n) is 6.71. The summed E-state index contributed by atoms with van der Waals surface area (Å²) in [5.41, 5.74) is 1.06. The highest BCUT2D eigenvalue weighted by Gasteiger charge is 2.31. The van der Waals surface area contributed by atoms with Crippen molar-refractivity contribution >= 4 is 28.5 Å². The molecule has 0 atom stereocenters. The van der Waals surface area contributed by atoms with E-state index in [1.54, 1.807) is 37.4 Å². The molecule has 1 aromatic carbocycles. The second kappa shape index (κ2) is 7.74. The van der Waals surface area contributed by atoms with E-state index < -0.39 is 24.7 Å². The Hall–Kier alpha value is -3.89. The molecule has 0 radical (unpaired) electrons. The van der Waals surface area contributed by atoms with Gasteiger partial charge in [0.15, 0.2) is 12.3 Å². The molecule has 0 fully saturated rings. The molecule has 0 aliphatic heterocycles. The van der Waals surface area contributed by atoms with E-state index in [0.29, 0.717) is 22.4 Å². The molecule has 4 rings (SSSR count). The van der Waals surface area contributed by atoms with E-state index >= 15 is 0 Å². The number of carbonyl (C=O) groups excluding carboxylic acids is 2. The number of alkyl halides is 3. The molecule has 0 spiro atoms. The van der Waals surface area contributed by atoms with Gasteiger partial charge in [0, 0.05) is 17.8 Å². The highest BCUT2D eigenvalue weighted by molar-refractivity contribution is 6.03. The molecule has 0 saturated carbocycles. The minimum atomic E-state index is -4.64. The normalized spacial score (nSPS) is 11.7. The van der Waals surface area contributed by atoms with Crippen LogP contribution in [0.25, 0.3) is 16.6 Å². The summed E-state index contributed by atoms with van der Waals surface area (Å²) in [5.74, 6) is -1.26. The number of rotatable bonds is 5. The van der Waals surface area contributed by atoms with Crippen molar-refractivity contribution in [1.82, 2.24) is 19.9 Å². The van der Waals surface area contributed by atoms with E-state index in [9.17, 15) is 22.8 Å². The minimum Gasteiger partial charge on any atom is -0.458 e. The lowest BCUT2D eigenvalue weighted by Crippen LogP contribution is -2.22. The van der Waals surface area contributed by atoms with Crippen LogP contribution in [0, 0.1) is 6.92 Å². The first-order valence-electron chi connectivity index (χ1n) is 9.05. The van der Waals surface area contributed by atoms with Crippen LogP contribution in [-0.4, -0.2) is 39.3 Å². The van der Waals surface area contributed by atoms with Crippen LogP contribution in [0.3, 0.4) is 0 Å². The third-order valence-electron chi connectivity index (χ3n) is 4.46.